The van der Waals surface area contributed by atoms with Crippen LogP contribution in [0.25, 0.3) is 0 Å². The Balaban J connectivity index is 1.57. The summed E-state index contributed by atoms with van der Waals surface area (Å²) in [6, 6.07) is 0.0455. The number of nitrogens with zero attached hydrogens (tertiary/aromatic N) is 1. The fraction of sp³-hybridized carbons (Fsp3) is 0.684. The standard InChI is InChI=1S/C19H28N2O4S/c1-19(2,3)25-18(23)20-12-8-10-21(11-9-12)17(22)16-15(24-4)13-6-5-7-14(13)26-16/h12H,5-11H2,1-4H3,(H,20,23). The van der Waals surface area contributed by atoms with Crippen LogP contribution in [0.15, 0.2) is 0 Å². The van der Waals surface area contributed by atoms with E-state index in [-0.39, 0.29) is 11.9 Å². The van der Waals surface area contributed by atoms with Crippen molar-refractivity contribution in [1.82, 2.24) is 10.2 Å². The van der Waals surface area contributed by atoms with Gasteiger partial charge in [0.2, 0.25) is 0 Å². The summed E-state index contributed by atoms with van der Waals surface area (Å²) in [5.74, 6) is 0.832. The first-order chi connectivity index (χ1) is 12.3. The number of amides is 2. The molecule has 0 unspecified atom stereocenters. The van der Waals surface area contributed by atoms with Gasteiger partial charge in [-0.25, -0.2) is 4.79 Å². The molecule has 0 spiro atoms. The maximum atomic E-state index is 12.9. The molecule has 1 aliphatic heterocycles. The van der Waals surface area contributed by atoms with Gasteiger partial charge in [-0.05, 0) is 52.9 Å². The predicted molar refractivity (Wildman–Crippen MR) is 101 cm³/mol. The SMILES string of the molecule is COc1c(C(=O)N2CCC(NC(=O)OC(C)(C)C)CC2)sc2c1CCC2. The van der Waals surface area contributed by atoms with E-state index in [4.69, 9.17) is 9.47 Å². The van der Waals surface area contributed by atoms with Gasteiger partial charge in [-0.15, -0.1) is 11.3 Å². The van der Waals surface area contributed by atoms with Gasteiger partial charge in [-0.3, -0.25) is 4.79 Å². The summed E-state index contributed by atoms with van der Waals surface area (Å²) < 4.78 is 10.9. The van der Waals surface area contributed by atoms with Crippen LogP contribution in [0.3, 0.4) is 0 Å². The van der Waals surface area contributed by atoms with Gasteiger partial charge in [0.1, 0.15) is 16.2 Å². The minimum Gasteiger partial charge on any atom is -0.495 e. The van der Waals surface area contributed by atoms with Crippen molar-refractivity contribution in [2.75, 3.05) is 20.2 Å². The molecular formula is C19H28N2O4S. The van der Waals surface area contributed by atoms with Gasteiger partial charge >= 0.3 is 6.09 Å². The number of ether oxygens (including phenoxy) is 2. The lowest BCUT2D eigenvalue weighted by Gasteiger charge is -2.32. The normalized spacial score (nSPS) is 17.8. The molecule has 2 aliphatic rings. The molecule has 0 radical (unpaired) electrons. The average Bonchev–Trinajstić information content (AvgIpc) is 3.13. The van der Waals surface area contributed by atoms with Gasteiger partial charge in [-0.1, -0.05) is 0 Å². The van der Waals surface area contributed by atoms with Crippen molar-refractivity contribution in [3.63, 3.8) is 0 Å². The molecule has 1 N–H and O–H groups in total. The summed E-state index contributed by atoms with van der Waals surface area (Å²) in [4.78, 5) is 28.7. The van der Waals surface area contributed by atoms with Gasteiger partial charge in [0.15, 0.2) is 0 Å². The second-order valence-electron chi connectivity index (χ2n) is 7.93. The van der Waals surface area contributed by atoms with E-state index in [1.807, 2.05) is 25.7 Å². The summed E-state index contributed by atoms with van der Waals surface area (Å²) in [6.45, 7) is 6.80. The molecule has 1 aliphatic carbocycles. The van der Waals surface area contributed by atoms with Gasteiger partial charge in [0.05, 0.1) is 7.11 Å². The highest BCUT2D eigenvalue weighted by Crippen LogP contribution is 2.41. The molecule has 0 atom stereocenters. The molecule has 1 aromatic heterocycles. The van der Waals surface area contributed by atoms with Crippen molar-refractivity contribution >= 4 is 23.3 Å². The number of alkyl carbamates (subject to hydrolysis) is 1. The van der Waals surface area contributed by atoms with E-state index in [1.54, 1.807) is 18.4 Å². The van der Waals surface area contributed by atoms with E-state index in [9.17, 15) is 9.59 Å². The summed E-state index contributed by atoms with van der Waals surface area (Å²) >= 11 is 1.59. The van der Waals surface area contributed by atoms with Crippen LogP contribution < -0.4 is 10.1 Å². The Bertz CT molecular complexity index is 684. The van der Waals surface area contributed by atoms with Crippen LogP contribution >= 0.6 is 11.3 Å². The smallest absolute Gasteiger partial charge is 0.407 e. The Morgan fingerprint density at radius 3 is 2.50 bits per heavy atom. The highest BCUT2D eigenvalue weighted by molar-refractivity contribution is 7.14. The number of carbonyl (C=O) groups is 2. The molecule has 1 aromatic rings. The lowest BCUT2D eigenvalue weighted by Crippen LogP contribution is -2.47. The summed E-state index contributed by atoms with van der Waals surface area (Å²) in [6.07, 6.45) is 4.28. The topological polar surface area (TPSA) is 67.9 Å². The number of piperidine rings is 1. The molecule has 1 fully saturated rings. The fourth-order valence-corrected chi connectivity index (χ4v) is 4.90. The van der Waals surface area contributed by atoms with E-state index in [0.29, 0.717) is 13.1 Å². The van der Waals surface area contributed by atoms with Crippen LogP contribution in [0.2, 0.25) is 0 Å². The molecule has 0 aromatic carbocycles. The van der Waals surface area contributed by atoms with E-state index in [0.717, 1.165) is 42.7 Å². The number of likely N-dealkylation sites (tertiary alicyclic amines) is 1. The van der Waals surface area contributed by atoms with E-state index < -0.39 is 11.7 Å². The zero-order chi connectivity index (χ0) is 18.9. The third kappa shape index (κ3) is 4.14. The van der Waals surface area contributed by atoms with E-state index >= 15 is 0 Å². The van der Waals surface area contributed by atoms with Crippen molar-refractivity contribution in [3.8, 4) is 5.75 Å². The van der Waals surface area contributed by atoms with Gasteiger partial charge in [0.25, 0.3) is 5.91 Å². The Hall–Kier alpha value is -1.76. The van der Waals surface area contributed by atoms with Crippen LogP contribution in [0.5, 0.6) is 5.75 Å². The number of methoxy groups -OCH3 is 1. The van der Waals surface area contributed by atoms with E-state index in [2.05, 4.69) is 5.32 Å². The second kappa shape index (κ2) is 7.47. The number of thiophene rings is 1. The highest BCUT2D eigenvalue weighted by atomic mass is 32.1. The van der Waals surface area contributed by atoms with Crippen LogP contribution in [0, 0.1) is 0 Å². The van der Waals surface area contributed by atoms with Gasteiger partial charge < -0.3 is 19.7 Å². The Morgan fingerprint density at radius 2 is 1.88 bits per heavy atom. The monoisotopic (exact) mass is 380 g/mol. The van der Waals surface area contributed by atoms with Crippen molar-refractivity contribution in [2.24, 2.45) is 0 Å². The molecule has 144 valence electrons. The lowest BCUT2D eigenvalue weighted by atomic mass is 10.0. The molecule has 6 nitrogen and oxygen atoms in total. The fourth-order valence-electron chi connectivity index (χ4n) is 3.58. The minimum absolute atomic E-state index is 0.0455. The first kappa shape index (κ1) is 19.0. The Kier molecular flexibility index (Phi) is 5.46. The quantitative estimate of drug-likeness (QED) is 0.873. The molecule has 0 bridgehead atoms. The zero-order valence-electron chi connectivity index (χ0n) is 16.0. The van der Waals surface area contributed by atoms with Gasteiger partial charge in [0, 0.05) is 29.6 Å². The minimum atomic E-state index is -0.503. The first-order valence-electron chi connectivity index (χ1n) is 9.26. The molecule has 26 heavy (non-hydrogen) atoms. The summed E-state index contributed by atoms with van der Waals surface area (Å²) in [7, 11) is 1.65. The van der Waals surface area contributed by atoms with Crippen molar-refractivity contribution in [2.45, 2.75) is 64.5 Å². The van der Waals surface area contributed by atoms with Gasteiger partial charge in [-0.2, -0.15) is 0 Å². The summed E-state index contributed by atoms with van der Waals surface area (Å²) in [5.41, 5.74) is 0.721. The highest BCUT2D eigenvalue weighted by Gasteiger charge is 2.31. The number of rotatable bonds is 3. The molecule has 3 rings (SSSR count). The number of fused-ring (bicyclic) bond motifs is 1. The molecule has 2 amide bonds. The first-order valence-corrected chi connectivity index (χ1v) is 10.1. The molecular weight excluding hydrogens is 352 g/mol. The third-order valence-corrected chi connectivity index (χ3v) is 6.04. The molecule has 2 heterocycles. The molecule has 0 saturated carbocycles. The average molecular weight is 381 g/mol. The van der Waals surface area contributed by atoms with E-state index in [1.165, 1.54) is 10.4 Å². The van der Waals surface area contributed by atoms with Crippen molar-refractivity contribution in [3.05, 3.63) is 15.3 Å². The Labute approximate surface area is 158 Å². The predicted octanol–water partition coefficient (Wildman–Crippen LogP) is 3.37. The van der Waals surface area contributed by atoms with Crippen LogP contribution in [0.1, 0.15) is 60.1 Å². The number of nitrogens with one attached hydrogen (secondary N) is 1. The van der Waals surface area contributed by atoms with Crippen LogP contribution in [-0.4, -0.2) is 48.7 Å². The lowest BCUT2D eigenvalue weighted by molar-refractivity contribution is 0.0474. The number of aryl methyl sites for hydroxylation is 1. The van der Waals surface area contributed by atoms with Crippen molar-refractivity contribution in [1.29, 1.82) is 0 Å². The maximum Gasteiger partial charge on any atom is 0.407 e. The number of hydrogen-bond acceptors (Lipinski definition) is 5. The second-order valence-corrected chi connectivity index (χ2v) is 9.04. The Morgan fingerprint density at radius 1 is 1.19 bits per heavy atom. The molecule has 1 saturated heterocycles. The van der Waals surface area contributed by atoms with Crippen molar-refractivity contribution < 1.29 is 19.1 Å². The summed E-state index contributed by atoms with van der Waals surface area (Å²) in [5, 5.41) is 2.91. The third-order valence-electron chi connectivity index (χ3n) is 4.77. The number of hydrogen-bond donors (Lipinski definition) is 1. The largest absolute Gasteiger partial charge is 0.495 e. The zero-order valence-corrected chi connectivity index (χ0v) is 16.8. The molecule has 7 heteroatoms. The van der Waals surface area contributed by atoms with Crippen LogP contribution in [0.4, 0.5) is 4.79 Å². The maximum absolute atomic E-state index is 12.9. The van der Waals surface area contributed by atoms with Crippen LogP contribution in [-0.2, 0) is 17.6 Å². The number of carbonyl (C=O) groups excluding carboxylic acids is 2.